The summed E-state index contributed by atoms with van der Waals surface area (Å²) in [6.45, 7) is 3.48. The van der Waals surface area contributed by atoms with Crippen molar-refractivity contribution in [3.05, 3.63) is 48.0 Å². The van der Waals surface area contributed by atoms with E-state index in [4.69, 9.17) is 4.74 Å². The van der Waals surface area contributed by atoms with Gasteiger partial charge in [-0.1, -0.05) is 30.3 Å². The van der Waals surface area contributed by atoms with E-state index < -0.39 is 0 Å². The van der Waals surface area contributed by atoms with Gasteiger partial charge in [-0.15, -0.1) is 0 Å². The number of rotatable bonds is 3. The molecule has 0 bridgehead atoms. The van der Waals surface area contributed by atoms with E-state index in [1.54, 1.807) is 0 Å². The lowest BCUT2D eigenvalue weighted by Crippen LogP contribution is -2.50. The topological polar surface area (TPSA) is 41.6 Å². The third kappa shape index (κ3) is 3.09. The zero-order valence-electron chi connectivity index (χ0n) is 13.2. The lowest BCUT2D eigenvalue weighted by atomic mass is 10.1. The van der Waals surface area contributed by atoms with Crippen LogP contribution in [0.25, 0.3) is 10.8 Å². The Hall–Kier alpha value is -1.91. The molecule has 2 aliphatic rings. The first kappa shape index (κ1) is 14.7. The molecule has 2 heterocycles. The fourth-order valence-electron chi connectivity index (χ4n) is 3.65. The Morgan fingerprint density at radius 3 is 3.00 bits per heavy atom. The van der Waals surface area contributed by atoms with Gasteiger partial charge in [-0.05, 0) is 42.3 Å². The third-order valence-electron chi connectivity index (χ3n) is 4.96. The molecule has 1 N–H and O–H groups in total. The Labute approximate surface area is 136 Å². The maximum atomic E-state index is 12.4. The van der Waals surface area contributed by atoms with Crippen LogP contribution in [0.2, 0.25) is 0 Å². The maximum absolute atomic E-state index is 12.4. The van der Waals surface area contributed by atoms with Crippen molar-refractivity contribution in [1.29, 1.82) is 0 Å². The van der Waals surface area contributed by atoms with Crippen molar-refractivity contribution in [2.75, 3.05) is 26.2 Å². The van der Waals surface area contributed by atoms with Crippen molar-refractivity contribution in [3.63, 3.8) is 0 Å². The van der Waals surface area contributed by atoms with E-state index in [0.29, 0.717) is 18.2 Å². The molecule has 120 valence electrons. The molecule has 2 saturated heterocycles. The molecule has 2 atom stereocenters. The largest absolute Gasteiger partial charge is 0.373 e. The summed E-state index contributed by atoms with van der Waals surface area (Å²) in [5, 5.41) is 5.27. The molecular weight excluding hydrogens is 288 g/mol. The number of hydrogen-bond acceptors (Lipinski definition) is 3. The first-order chi connectivity index (χ1) is 11.3. The monoisotopic (exact) mass is 310 g/mol. The number of carbonyl (C=O) groups excluding carboxylic acids is 1. The molecule has 2 aliphatic heterocycles. The molecule has 4 heteroatoms. The van der Waals surface area contributed by atoms with Gasteiger partial charge in [0.25, 0.3) is 5.91 Å². The number of amides is 1. The number of nitrogens with zero attached hydrogens (tertiary/aromatic N) is 1. The van der Waals surface area contributed by atoms with Crippen molar-refractivity contribution >= 4 is 16.7 Å². The second-order valence-electron chi connectivity index (χ2n) is 6.52. The van der Waals surface area contributed by atoms with Crippen molar-refractivity contribution in [1.82, 2.24) is 10.2 Å². The lowest BCUT2D eigenvalue weighted by molar-refractivity contribution is -0.0461. The van der Waals surface area contributed by atoms with E-state index in [2.05, 4.69) is 16.3 Å². The summed E-state index contributed by atoms with van der Waals surface area (Å²) < 4.78 is 5.89. The highest BCUT2D eigenvalue weighted by Gasteiger charge is 2.32. The minimum atomic E-state index is -0.0251. The van der Waals surface area contributed by atoms with Gasteiger partial charge < -0.3 is 10.1 Å². The van der Waals surface area contributed by atoms with Crippen molar-refractivity contribution < 1.29 is 9.53 Å². The van der Waals surface area contributed by atoms with Gasteiger partial charge in [0, 0.05) is 24.7 Å². The summed E-state index contributed by atoms with van der Waals surface area (Å²) in [5.41, 5.74) is 0.707. The minimum Gasteiger partial charge on any atom is -0.373 e. The van der Waals surface area contributed by atoms with Crippen molar-refractivity contribution in [2.24, 2.45) is 0 Å². The van der Waals surface area contributed by atoms with Crippen LogP contribution in [0.1, 0.15) is 23.2 Å². The molecule has 0 radical (unpaired) electrons. The van der Waals surface area contributed by atoms with Gasteiger partial charge in [0.2, 0.25) is 0 Å². The van der Waals surface area contributed by atoms with Crippen LogP contribution in [0.15, 0.2) is 42.5 Å². The zero-order valence-corrected chi connectivity index (χ0v) is 13.2. The van der Waals surface area contributed by atoms with E-state index in [9.17, 15) is 4.79 Å². The maximum Gasteiger partial charge on any atom is 0.251 e. The van der Waals surface area contributed by atoms with Crippen molar-refractivity contribution in [2.45, 2.75) is 25.0 Å². The van der Waals surface area contributed by atoms with Crippen LogP contribution >= 0.6 is 0 Å². The lowest BCUT2D eigenvalue weighted by Gasteiger charge is -2.35. The van der Waals surface area contributed by atoms with Crippen LogP contribution in [-0.4, -0.2) is 49.2 Å². The Kier molecular flexibility index (Phi) is 4.02. The van der Waals surface area contributed by atoms with Crippen molar-refractivity contribution in [3.8, 4) is 0 Å². The van der Waals surface area contributed by atoms with Gasteiger partial charge >= 0.3 is 0 Å². The quantitative estimate of drug-likeness (QED) is 0.947. The smallest absolute Gasteiger partial charge is 0.251 e. The SMILES string of the molecule is O=C(NCC1CN2CCCC2CO1)c1ccc2ccccc2c1. The number of morpholine rings is 1. The first-order valence-corrected chi connectivity index (χ1v) is 8.42. The van der Waals surface area contributed by atoms with Gasteiger partial charge in [-0.2, -0.15) is 0 Å². The number of carbonyl (C=O) groups is 1. The van der Waals surface area contributed by atoms with E-state index in [1.165, 1.54) is 19.4 Å². The summed E-state index contributed by atoms with van der Waals surface area (Å²) in [6, 6.07) is 14.5. The Morgan fingerprint density at radius 2 is 2.09 bits per heavy atom. The van der Waals surface area contributed by atoms with E-state index in [1.807, 2.05) is 36.4 Å². The molecule has 4 rings (SSSR count). The highest BCUT2D eigenvalue weighted by Crippen LogP contribution is 2.22. The second-order valence-corrected chi connectivity index (χ2v) is 6.52. The van der Waals surface area contributed by atoms with Crippen LogP contribution in [0.3, 0.4) is 0 Å². The molecule has 4 nitrogen and oxygen atoms in total. The summed E-state index contributed by atoms with van der Waals surface area (Å²) in [5.74, 6) is -0.0251. The standard InChI is InChI=1S/C19H22N2O2/c22-19(16-8-7-14-4-1-2-5-15(14)10-16)20-11-18-12-21-9-3-6-17(21)13-23-18/h1-2,4-5,7-8,10,17-18H,3,6,9,11-13H2,(H,20,22). The summed E-state index contributed by atoms with van der Waals surface area (Å²) in [6.07, 6.45) is 2.62. The van der Waals surface area contributed by atoms with Gasteiger partial charge in [0.15, 0.2) is 0 Å². The molecule has 0 spiro atoms. The molecule has 2 aromatic rings. The Balaban J connectivity index is 1.37. The Bertz CT molecular complexity index is 715. The molecule has 0 aliphatic carbocycles. The van der Waals surface area contributed by atoms with Gasteiger partial charge in [0.1, 0.15) is 0 Å². The molecule has 2 unspecified atom stereocenters. The van der Waals surface area contributed by atoms with Crippen LogP contribution < -0.4 is 5.32 Å². The second kappa shape index (κ2) is 6.30. The van der Waals surface area contributed by atoms with E-state index in [0.717, 1.165) is 23.9 Å². The summed E-state index contributed by atoms with van der Waals surface area (Å²) in [7, 11) is 0. The summed E-state index contributed by atoms with van der Waals surface area (Å²) in [4.78, 5) is 14.9. The molecule has 0 saturated carbocycles. The first-order valence-electron chi connectivity index (χ1n) is 8.42. The van der Waals surface area contributed by atoms with Crippen LogP contribution in [0, 0.1) is 0 Å². The van der Waals surface area contributed by atoms with Crippen LogP contribution in [-0.2, 0) is 4.74 Å². The molecule has 2 fully saturated rings. The zero-order chi connectivity index (χ0) is 15.6. The number of hydrogen-bond donors (Lipinski definition) is 1. The molecule has 2 aromatic carbocycles. The highest BCUT2D eigenvalue weighted by molar-refractivity contribution is 5.98. The predicted octanol–water partition coefficient (Wildman–Crippen LogP) is 2.43. The van der Waals surface area contributed by atoms with E-state index >= 15 is 0 Å². The van der Waals surface area contributed by atoms with Crippen LogP contribution in [0.4, 0.5) is 0 Å². The molecule has 23 heavy (non-hydrogen) atoms. The van der Waals surface area contributed by atoms with E-state index in [-0.39, 0.29) is 12.0 Å². The minimum absolute atomic E-state index is 0.0251. The number of nitrogens with one attached hydrogen (secondary N) is 1. The number of ether oxygens (including phenoxy) is 1. The fraction of sp³-hybridized carbons (Fsp3) is 0.421. The Morgan fingerprint density at radius 1 is 1.22 bits per heavy atom. The molecule has 1 amide bonds. The predicted molar refractivity (Wildman–Crippen MR) is 90.6 cm³/mol. The fourth-order valence-corrected chi connectivity index (χ4v) is 3.65. The van der Waals surface area contributed by atoms with Gasteiger partial charge in [-0.25, -0.2) is 0 Å². The number of fused-ring (bicyclic) bond motifs is 2. The molecule has 0 aromatic heterocycles. The third-order valence-corrected chi connectivity index (χ3v) is 4.96. The average Bonchev–Trinajstić information content (AvgIpc) is 3.07. The summed E-state index contributed by atoms with van der Waals surface area (Å²) >= 11 is 0. The van der Waals surface area contributed by atoms with Gasteiger partial charge in [-0.3, -0.25) is 9.69 Å². The normalized spacial score (nSPS) is 24.5. The number of benzene rings is 2. The highest BCUT2D eigenvalue weighted by atomic mass is 16.5. The van der Waals surface area contributed by atoms with Crippen LogP contribution in [0.5, 0.6) is 0 Å². The van der Waals surface area contributed by atoms with Gasteiger partial charge in [0.05, 0.1) is 12.7 Å². The molecular formula is C19H22N2O2. The average molecular weight is 310 g/mol.